The molecule has 1 fully saturated rings. The Hall–Kier alpha value is -2.30. The van der Waals surface area contributed by atoms with E-state index in [1.54, 1.807) is 11.8 Å². The van der Waals surface area contributed by atoms with Crippen LogP contribution in [0.3, 0.4) is 0 Å². The quantitative estimate of drug-likeness (QED) is 0.863. The van der Waals surface area contributed by atoms with E-state index < -0.39 is 0 Å². The summed E-state index contributed by atoms with van der Waals surface area (Å²) in [5.41, 5.74) is 4.57. The maximum absolute atomic E-state index is 13.4. The molecule has 2 atom stereocenters. The number of carbonyl (C=O) groups is 1. The molecule has 0 radical (unpaired) electrons. The SMILES string of the molecule is COc1c(C2CCCN2C(=O)C2CCc3ccccc32)c(C)nn1C. The largest absolute Gasteiger partial charge is 0.481 e. The third-order valence-electron chi connectivity index (χ3n) is 5.71. The Morgan fingerprint density at radius 3 is 2.88 bits per heavy atom. The molecule has 2 unspecified atom stereocenters. The van der Waals surface area contributed by atoms with Crippen molar-refractivity contribution < 1.29 is 9.53 Å². The van der Waals surface area contributed by atoms with Crippen molar-refractivity contribution in [2.45, 2.75) is 44.6 Å². The van der Waals surface area contributed by atoms with E-state index in [0.29, 0.717) is 0 Å². The molecule has 1 aromatic carbocycles. The van der Waals surface area contributed by atoms with Crippen molar-refractivity contribution in [3.05, 3.63) is 46.6 Å². The summed E-state index contributed by atoms with van der Waals surface area (Å²) in [6.45, 7) is 2.82. The molecular formula is C20H25N3O2. The molecule has 1 aliphatic heterocycles. The van der Waals surface area contributed by atoms with Gasteiger partial charge in [-0.05, 0) is 43.7 Å². The van der Waals surface area contributed by atoms with Gasteiger partial charge in [-0.15, -0.1) is 0 Å². The molecule has 0 bridgehead atoms. The zero-order valence-corrected chi connectivity index (χ0v) is 15.2. The standard InChI is InChI=1S/C20H25N3O2/c1-13-18(20(25-3)22(2)21-13)17-9-6-12-23(17)19(24)16-11-10-14-7-4-5-8-15(14)16/h4-5,7-8,16-17H,6,9-12H2,1-3H3. The van der Waals surface area contributed by atoms with Crippen molar-refractivity contribution in [1.82, 2.24) is 14.7 Å². The Bertz CT molecular complexity index is 811. The van der Waals surface area contributed by atoms with Crippen LogP contribution in [0.25, 0.3) is 0 Å². The lowest BCUT2D eigenvalue weighted by molar-refractivity contribution is -0.133. The van der Waals surface area contributed by atoms with E-state index in [-0.39, 0.29) is 17.9 Å². The van der Waals surface area contributed by atoms with E-state index in [0.717, 1.165) is 49.4 Å². The van der Waals surface area contributed by atoms with Gasteiger partial charge in [0.1, 0.15) is 0 Å². The van der Waals surface area contributed by atoms with E-state index in [1.807, 2.05) is 20.0 Å². The fraction of sp³-hybridized carbons (Fsp3) is 0.500. The van der Waals surface area contributed by atoms with E-state index in [2.05, 4.69) is 28.2 Å². The Balaban J connectivity index is 1.66. The zero-order valence-electron chi connectivity index (χ0n) is 15.2. The number of rotatable bonds is 3. The number of likely N-dealkylation sites (tertiary alicyclic amines) is 1. The van der Waals surface area contributed by atoms with Crippen LogP contribution in [0.5, 0.6) is 5.88 Å². The molecule has 1 saturated heterocycles. The second-order valence-electron chi connectivity index (χ2n) is 7.11. The molecule has 2 aromatic rings. The topological polar surface area (TPSA) is 47.4 Å². The number of aromatic nitrogens is 2. The molecule has 5 heteroatoms. The van der Waals surface area contributed by atoms with Crippen LogP contribution in [0.15, 0.2) is 24.3 Å². The summed E-state index contributed by atoms with van der Waals surface area (Å²) in [5, 5.41) is 4.51. The molecule has 2 heterocycles. The van der Waals surface area contributed by atoms with E-state index >= 15 is 0 Å². The lowest BCUT2D eigenvalue weighted by Gasteiger charge is -2.28. The van der Waals surface area contributed by atoms with E-state index in [1.165, 1.54) is 11.1 Å². The predicted octanol–water partition coefficient (Wildman–Crippen LogP) is 3.13. The maximum Gasteiger partial charge on any atom is 0.230 e. The van der Waals surface area contributed by atoms with Crippen LogP contribution in [0, 0.1) is 6.92 Å². The second kappa shape index (κ2) is 6.21. The minimum atomic E-state index is -0.000211. The van der Waals surface area contributed by atoms with Gasteiger partial charge in [0.2, 0.25) is 11.8 Å². The van der Waals surface area contributed by atoms with Crippen LogP contribution in [0.1, 0.15) is 53.6 Å². The van der Waals surface area contributed by atoms with Gasteiger partial charge < -0.3 is 9.64 Å². The van der Waals surface area contributed by atoms with E-state index in [4.69, 9.17) is 4.74 Å². The number of amides is 1. The molecule has 2 aliphatic rings. The first kappa shape index (κ1) is 16.2. The van der Waals surface area contributed by atoms with Crippen LogP contribution in [-0.4, -0.2) is 34.2 Å². The Labute approximate surface area is 148 Å². The second-order valence-corrected chi connectivity index (χ2v) is 7.11. The fourth-order valence-corrected chi connectivity index (χ4v) is 4.62. The summed E-state index contributed by atoms with van der Waals surface area (Å²) >= 11 is 0. The van der Waals surface area contributed by atoms with Crippen LogP contribution < -0.4 is 4.74 Å². The highest BCUT2D eigenvalue weighted by Crippen LogP contribution is 2.42. The number of aryl methyl sites for hydroxylation is 3. The number of ether oxygens (including phenoxy) is 1. The number of nitrogens with zero attached hydrogens (tertiary/aromatic N) is 3. The third kappa shape index (κ3) is 2.53. The van der Waals surface area contributed by atoms with Gasteiger partial charge in [-0.2, -0.15) is 5.10 Å². The van der Waals surface area contributed by atoms with Gasteiger partial charge in [0, 0.05) is 13.6 Å². The molecule has 0 saturated carbocycles. The molecule has 1 aliphatic carbocycles. The highest BCUT2D eigenvalue weighted by molar-refractivity contribution is 5.85. The summed E-state index contributed by atoms with van der Waals surface area (Å²) in [6.07, 6.45) is 3.93. The van der Waals surface area contributed by atoms with Crippen LogP contribution in [0.4, 0.5) is 0 Å². The van der Waals surface area contributed by atoms with Crippen LogP contribution in [0.2, 0.25) is 0 Å². The van der Waals surface area contributed by atoms with Crippen LogP contribution in [-0.2, 0) is 18.3 Å². The third-order valence-corrected chi connectivity index (χ3v) is 5.71. The van der Waals surface area contributed by atoms with Gasteiger partial charge in [-0.1, -0.05) is 24.3 Å². The van der Waals surface area contributed by atoms with Gasteiger partial charge in [-0.25, -0.2) is 4.68 Å². The van der Waals surface area contributed by atoms with E-state index in [9.17, 15) is 4.79 Å². The van der Waals surface area contributed by atoms with Crippen molar-refractivity contribution >= 4 is 5.91 Å². The predicted molar refractivity (Wildman–Crippen MR) is 95.7 cm³/mol. The van der Waals surface area contributed by atoms with Crippen molar-refractivity contribution in [2.75, 3.05) is 13.7 Å². The molecule has 132 valence electrons. The number of carbonyl (C=O) groups excluding carboxylic acids is 1. The van der Waals surface area contributed by atoms with Gasteiger partial charge in [-0.3, -0.25) is 4.79 Å². The normalized spacial score (nSPS) is 22.3. The monoisotopic (exact) mass is 339 g/mol. The Morgan fingerprint density at radius 1 is 1.28 bits per heavy atom. The van der Waals surface area contributed by atoms with Crippen molar-refractivity contribution in [1.29, 1.82) is 0 Å². The number of hydrogen-bond acceptors (Lipinski definition) is 3. The molecular weight excluding hydrogens is 314 g/mol. The summed E-state index contributed by atoms with van der Waals surface area (Å²) < 4.78 is 7.36. The van der Waals surface area contributed by atoms with Crippen LogP contribution >= 0.6 is 0 Å². The minimum Gasteiger partial charge on any atom is -0.481 e. The summed E-state index contributed by atoms with van der Waals surface area (Å²) in [7, 11) is 3.57. The average Bonchev–Trinajstić information content (AvgIpc) is 3.30. The first-order chi connectivity index (χ1) is 12.1. The fourth-order valence-electron chi connectivity index (χ4n) is 4.62. The molecule has 1 amide bonds. The average molecular weight is 339 g/mol. The van der Waals surface area contributed by atoms with Gasteiger partial charge in [0.25, 0.3) is 0 Å². The number of methoxy groups -OCH3 is 1. The van der Waals surface area contributed by atoms with Crippen molar-refractivity contribution in [3.8, 4) is 5.88 Å². The lowest BCUT2D eigenvalue weighted by Crippen LogP contribution is -2.34. The summed E-state index contributed by atoms with van der Waals surface area (Å²) in [6, 6.07) is 8.45. The highest BCUT2D eigenvalue weighted by atomic mass is 16.5. The first-order valence-corrected chi connectivity index (χ1v) is 9.07. The molecule has 4 rings (SSSR count). The molecule has 0 N–H and O–H groups in total. The smallest absolute Gasteiger partial charge is 0.230 e. The number of benzene rings is 1. The van der Waals surface area contributed by atoms with Gasteiger partial charge in [0.15, 0.2) is 0 Å². The Kier molecular flexibility index (Phi) is 4.02. The highest BCUT2D eigenvalue weighted by Gasteiger charge is 2.39. The summed E-state index contributed by atoms with van der Waals surface area (Å²) in [5.74, 6) is 1.03. The van der Waals surface area contributed by atoms with Crippen molar-refractivity contribution in [2.24, 2.45) is 7.05 Å². The van der Waals surface area contributed by atoms with Gasteiger partial charge >= 0.3 is 0 Å². The molecule has 25 heavy (non-hydrogen) atoms. The molecule has 5 nitrogen and oxygen atoms in total. The molecule has 0 spiro atoms. The summed E-state index contributed by atoms with van der Waals surface area (Å²) in [4.78, 5) is 15.4. The molecule has 1 aromatic heterocycles. The maximum atomic E-state index is 13.4. The zero-order chi connectivity index (χ0) is 17.6. The number of fused-ring (bicyclic) bond motifs is 1. The van der Waals surface area contributed by atoms with Crippen molar-refractivity contribution in [3.63, 3.8) is 0 Å². The first-order valence-electron chi connectivity index (χ1n) is 9.07. The lowest BCUT2D eigenvalue weighted by atomic mass is 9.98. The minimum absolute atomic E-state index is 0.000211. The van der Waals surface area contributed by atoms with Gasteiger partial charge in [0.05, 0.1) is 30.3 Å². The Morgan fingerprint density at radius 2 is 2.08 bits per heavy atom. The number of hydrogen-bond donors (Lipinski definition) is 0.